The van der Waals surface area contributed by atoms with Crippen molar-refractivity contribution in [2.24, 2.45) is 0 Å². The number of rotatable bonds is 6. The second-order valence-electron chi connectivity index (χ2n) is 6.54. The molecule has 0 saturated carbocycles. The van der Waals surface area contributed by atoms with Crippen LogP contribution in [0.5, 0.6) is 0 Å². The van der Waals surface area contributed by atoms with Crippen LogP contribution in [0.1, 0.15) is 18.7 Å². The lowest BCUT2D eigenvalue weighted by molar-refractivity contribution is -0.0483. The molecule has 3 rings (SSSR count). The molecule has 1 aliphatic rings. The number of benzene rings is 1. The van der Waals surface area contributed by atoms with Crippen molar-refractivity contribution in [1.29, 1.82) is 0 Å². The lowest BCUT2D eigenvalue weighted by atomic mass is 10.0. The van der Waals surface area contributed by atoms with Crippen LogP contribution in [0.3, 0.4) is 0 Å². The molecule has 2 heterocycles. The third-order valence-corrected chi connectivity index (χ3v) is 4.99. The fourth-order valence-electron chi connectivity index (χ4n) is 3.02. The van der Waals surface area contributed by atoms with Gasteiger partial charge in [-0.3, -0.25) is 9.36 Å². The molecule has 4 atom stereocenters. The van der Waals surface area contributed by atoms with Crippen LogP contribution in [0.25, 0.3) is 0 Å². The van der Waals surface area contributed by atoms with Gasteiger partial charge >= 0.3 is 5.69 Å². The van der Waals surface area contributed by atoms with Gasteiger partial charge in [-0.1, -0.05) is 30.3 Å². The minimum atomic E-state index is -1.36. The topological polar surface area (TPSA) is 103 Å². The van der Waals surface area contributed by atoms with Crippen molar-refractivity contribution < 1.29 is 19.7 Å². The molecule has 0 spiro atoms. The smallest absolute Gasteiger partial charge is 0.335 e. The quantitative estimate of drug-likeness (QED) is 0.686. The zero-order valence-corrected chi connectivity index (χ0v) is 15.5. The molecule has 4 unspecified atom stereocenters. The van der Waals surface area contributed by atoms with Gasteiger partial charge in [-0.15, -0.1) is 11.6 Å². The maximum absolute atomic E-state index is 12.8. The van der Waals surface area contributed by atoms with E-state index in [2.05, 4.69) is 0 Å². The summed E-state index contributed by atoms with van der Waals surface area (Å²) in [5.41, 5.74) is -0.306. The molecule has 1 aromatic carbocycles. The fraction of sp³-hybridized carbons (Fsp3) is 0.444. The average molecular weight is 397 g/mol. The van der Waals surface area contributed by atoms with Gasteiger partial charge in [0, 0.05) is 12.3 Å². The van der Waals surface area contributed by atoms with Gasteiger partial charge in [0.1, 0.15) is 23.8 Å². The Morgan fingerprint density at radius 2 is 1.96 bits per heavy atom. The van der Waals surface area contributed by atoms with Crippen molar-refractivity contribution in [1.82, 2.24) is 9.13 Å². The third kappa shape index (κ3) is 3.85. The fourth-order valence-corrected chi connectivity index (χ4v) is 3.32. The lowest BCUT2D eigenvalue weighted by Gasteiger charge is -2.26. The molecule has 0 aliphatic carbocycles. The van der Waals surface area contributed by atoms with Crippen LogP contribution in [-0.4, -0.2) is 43.0 Å². The van der Waals surface area contributed by atoms with Crippen LogP contribution in [0.15, 0.2) is 52.2 Å². The van der Waals surface area contributed by atoms with Crippen molar-refractivity contribution in [2.45, 2.75) is 43.6 Å². The zero-order valence-electron chi connectivity index (χ0n) is 14.7. The number of aliphatic hydroxyl groups is 2. The Labute approximate surface area is 160 Å². The summed E-state index contributed by atoms with van der Waals surface area (Å²) < 4.78 is 13.1. The maximum atomic E-state index is 12.8. The van der Waals surface area contributed by atoms with Crippen molar-refractivity contribution in [3.8, 4) is 0 Å². The summed E-state index contributed by atoms with van der Waals surface area (Å²) in [4.78, 5) is 23.5. The minimum Gasteiger partial charge on any atom is -0.394 e. The standard InChI is InChI=1S/C18H21ClN2O6/c1-18(19)15(24)13(9-22)27-16(18)20-8-7-14(23)21(17(20)25)11-26-10-12-5-3-2-4-6-12/h2-8,13,15-16,22,24H,9-11H2,1H3. The van der Waals surface area contributed by atoms with E-state index in [1.165, 1.54) is 19.2 Å². The van der Waals surface area contributed by atoms with Gasteiger partial charge in [-0.25, -0.2) is 9.36 Å². The van der Waals surface area contributed by atoms with Gasteiger partial charge in [-0.2, -0.15) is 0 Å². The van der Waals surface area contributed by atoms with Gasteiger partial charge in [0.2, 0.25) is 0 Å². The summed E-state index contributed by atoms with van der Waals surface area (Å²) in [5.74, 6) is 0. The second-order valence-corrected chi connectivity index (χ2v) is 7.35. The highest BCUT2D eigenvalue weighted by Gasteiger charge is 2.53. The molecule has 8 nitrogen and oxygen atoms in total. The van der Waals surface area contributed by atoms with E-state index in [1.54, 1.807) is 0 Å². The Morgan fingerprint density at radius 1 is 1.26 bits per heavy atom. The Bertz CT molecular complexity index is 895. The summed E-state index contributed by atoms with van der Waals surface area (Å²) in [6.45, 7) is 1.05. The first-order chi connectivity index (χ1) is 12.9. The summed E-state index contributed by atoms with van der Waals surface area (Å²) in [5, 5.41) is 19.5. The molecule has 2 N–H and O–H groups in total. The molecule has 1 fully saturated rings. The SMILES string of the molecule is CC1(Cl)C(O)C(CO)OC1n1ccc(=O)n(COCc2ccccc2)c1=O. The van der Waals surface area contributed by atoms with Crippen LogP contribution in [0.4, 0.5) is 0 Å². The number of aliphatic hydroxyl groups excluding tert-OH is 2. The van der Waals surface area contributed by atoms with Crippen LogP contribution >= 0.6 is 11.6 Å². The number of hydrogen-bond acceptors (Lipinski definition) is 6. The van der Waals surface area contributed by atoms with Gasteiger partial charge < -0.3 is 19.7 Å². The maximum Gasteiger partial charge on any atom is 0.335 e. The van der Waals surface area contributed by atoms with Crippen molar-refractivity contribution >= 4 is 11.6 Å². The highest BCUT2D eigenvalue weighted by molar-refractivity contribution is 6.24. The molecule has 2 aromatic rings. The third-order valence-electron chi connectivity index (χ3n) is 4.58. The van der Waals surface area contributed by atoms with E-state index in [1.807, 2.05) is 30.3 Å². The molecular weight excluding hydrogens is 376 g/mol. The van der Waals surface area contributed by atoms with Gasteiger partial charge in [0.15, 0.2) is 6.23 Å². The number of alkyl halides is 1. The second kappa shape index (κ2) is 7.95. The van der Waals surface area contributed by atoms with Crippen molar-refractivity contribution in [3.63, 3.8) is 0 Å². The molecule has 1 saturated heterocycles. The van der Waals surface area contributed by atoms with Crippen LogP contribution in [0.2, 0.25) is 0 Å². The van der Waals surface area contributed by atoms with Crippen molar-refractivity contribution in [2.75, 3.05) is 6.61 Å². The Balaban J connectivity index is 1.83. The lowest BCUT2D eigenvalue weighted by Crippen LogP contribution is -2.46. The normalized spacial score (nSPS) is 27.8. The van der Waals surface area contributed by atoms with Crippen LogP contribution in [0, 0.1) is 0 Å². The number of aromatic nitrogens is 2. The number of nitrogens with zero attached hydrogens (tertiary/aromatic N) is 2. The van der Waals surface area contributed by atoms with Crippen molar-refractivity contribution in [3.05, 3.63) is 69.0 Å². The molecule has 0 bridgehead atoms. The van der Waals surface area contributed by atoms with E-state index in [9.17, 15) is 19.8 Å². The molecular formula is C18H21ClN2O6. The molecule has 1 aromatic heterocycles. The number of ether oxygens (including phenoxy) is 2. The van der Waals surface area contributed by atoms with E-state index < -0.39 is 41.2 Å². The van der Waals surface area contributed by atoms with E-state index in [4.69, 9.17) is 21.1 Å². The first-order valence-electron chi connectivity index (χ1n) is 8.43. The Hall–Kier alpha value is -1.97. The van der Waals surface area contributed by atoms with E-state index in [0.29, 0.717) is 0 Å². The Morgan fingerprint density at radius 3 is 2.59 bits per heavy atom. The first-order valence-corrected chi connectivity index (χ1v) is 8.81. The van der Waals surface area contributed by atoms with Crippen LogP contribution < -0.4 is 11.2 Å². The summed E-state index contributed by atoms with van der Waals surface area (Å²) in [7, 11) is 0. The van der Waals surface area contributed by atoms with E-state index in [0.717, 1.165) is 14.7 Å². The van der Waals surface area contributed by atoms with Gasteiger partial charge in [0.05, 0.1) is 13.2 Å². The highest BCUT2D eigenvalue weighted by atomic mass is 35.5. The first kappa shape index (κ1) is 19.8. The van der Waals surface area contributed by atoms with E-state index in [-0.39, 0.29) is 13.3 Å². The minimum absolute atomic E-state index is 0.236. The zero-order chi connectivity index (χ0) is 19.6. The largest absolute Gasteiger partial charge is 0.394 e. The molecule has 27 heavy (non-hydrogen) atoms. The summed E-state index contributed by atoms with van der Waals surface area (Å²) >= 11 is 6.38. The predicted octanol–water partition coefficient (Wildman–Crippen LogP) is 0.432. The molecule has 9 heteroatoms. The molecule has 0 radical (unpaired) electrons. The number of halogens is 1. The summed E-state index contributed by atoms with van der Waals surface area (Å²) in [6.07, 6.45) is -1.91. The summed E-state index contributed by atoms with van der Waals surface area (Å²) in [6, 6.07) is 10.5. The molecule has 146 valence electrons. The average Bonchev–Trinajstić information content (AvgIpc) is 2.88. The monoisotopic (exact) mass is 396 g/mol. The van der Waals surface area contributed by atoms with E-state index >= 15 is 0 Å². The predicted molar refractivity (Wildman–Crippen MR) is 97.5 cm³/mol. The highest BCUT2D eigenvalue weighted by Crippen LogP contribution is 2.42. The van der Waals surface area contributed by atoms with Crippen LogP contribution in [-0.2, 0) is 22.8 Å². The number of hydrogen-bond donors (Lipinski definition) is 2. The Kier molecular flexibility index (Phi) is 5.83. The molecule has 0 amide bonds. The van der Waals surface area contributed by atoms with Gasteiger partial charge in [0.25, 0.3) is 5.56 Å². The van der Waals surface area contributed by atoms with Gasteiger partial charge in [-0.05, 0) is 12.5 Å². The molecule has 1 aliphatic heterocycles.